The number of hydrogen-bond acceptors (Lipinski definition) is 5. The molecule has 1 aliphatic heterocycles. The van der Waals surface area contributed by atoms with E-state index in [0.29, 0.717) is 25.4 Å². The first-order chi connectivity index (χ1) is 10.9. The lowest BCUT2D eigenvalue weighted by Gasteiger charge is -2.29. The third kappa shape index (κ3) is 5.73. The first-order valence-electron chi connectivity index (χ1n) is 7.92. The molecule has 0 spiro atoms. The van der Waals surface area contributed by atoms with Crippen molar-refractivity contribution < 1.29 is 19.1 Å². The molecule has 0 saturated carbocycles. The molecule has 6 nitrogen and oxygen atoms in total. The predicted molar refractivity (Wildman–Crippen MR) is 86.8 cm³/mol. The van der Waals surface area contributed by atoms with Gasteiger partial charge in [-0.15, -0.1) is 0 Å². The summed E-state index contributed by atoms with van der Waals surface area (Å²) in [6, 6.07) is 3.63. The Hall–Kier alpha value is -1.79. The van der Waals surface area contributed by atoms with Gasteiger partial charge in [-0.25, -0.2) is 4.79 Å². The zero-order valence-corrected chi connectivity index (χ0v) is 14.1. The van der Waals surface area contributed by atoms with Crippen LogP contribution in [0.2, 0.25) is 0 Å². The van der Waals surface area contributed by atoms with Gasteiger partial charge in [0.15, 0.2) is 0 Å². The zero-order chi connectivity index (χ0) is 16.9. The molecule has 0 saturated heterocycles. The summed E-state index contributed by atoms with van der Waals surface area (Å²) in [7, 11) is 0. The van der Waals surface area contributed by atoms with Crippen molar-refractivity contribution in [2.24, 2.45) is 0 Å². The van der Waals surface area contributed by atoms with Gasteiger partial charge in [-0.1, -0.05) is 11.6 Å². The van der Waals surface area contributed by atoms with E-state index in [1.165, 1.54) is 5.57 Å². The lowest BCUT2D eigenvalue weighted by atomic mass is 10.1. The van der Waals surface area contributed by atoms with Gasteiger partial charge in [0.2, 0.25) is 0 Å². The molecule has 0 unspecified atom stereocenters. The highest BCUT2D eigenvalue weighted by molar-refractivity contribution is 5.68. The lowest BCUT2D eigenvalue weighted by molar-refractivity contribution is 0.0265. The molecule has 1 aromatic rings. The van der Waals surface area contributed by atoms with E-state index >= 15 is 0 Å². The number of amides is 1. The summed E-state index contributed by atoms with van der Waals surface area (Å²) >= 11 is 0. The second-order valence-electron chi connectivity index (χ2n) is 6.67. The minimum absolute atomic E-state index is 0.0777. The van der Waals surface area contributed by atoms with Crippen molar-refractivity contribution in [2.45, 2.75) is 45.9 Å². The van der Waals surface area contributed by atoms with Crippen molar-refractivity contribution in [3.63, 3.8) is 0 Å². The third-order valence-corrected chi connectivity index (χ3v) is 3.48. The summed E-state index contributed by atoms with van der Waals surface area (Å²) in [6.07, 6.45) is 2.65. The SMILES string of the molecule is CC(C)(C)OC(=O)N1CC=C(CNCc2ccc(CO)o2)CC1. The topological polar surface area (TPSA) is 74.9 Å². The highest BCUT2D eigenvalue weighted by Gasteiger charge is 2.23. The highest BCUT2D eigenvalue weighted by Crippen LogP contribution is 2.15. The molecule has 0 aromatic carbocycles. The first-order valence-corrected chi connectivity index (χ1v) is 7.92. The Morgan fingerprint density at radius 3 is 2.65 bits per heavy atom. The zero-order valence-electron chi connectivity index (χ0n) is 14.1. The molecule has 0 radical (unpaired) electrons. The van der Waals surface area contributed by atoms with E-state index in [1.54, 1.807) is 11.0 Å². The maximum atomic E-state index is 12.0. The number of rotatable bonds is 5. The van der Waals surface area contributed by atoms with Crippen LogP contribution in [0.15, 0.2) is 28.2 Å². The number of carbonyl (C=O) groups excluding carboxylic acids is 1. The lowest BCUT2D eigenvalue weighted by Crippen LogP contribution is -2.39. The fourth-order valence-electron chi connectivity index (χ4n) is 2.31. The second kappa shape index (κ2) is 7.66. The molecule has 2 heterocycles. The van der Waals surface area contributed by atoms with Gasteiger partial charge in [-0.2, -0.15) is 0 Å². The molecular weight excluding hydrogens is 296 g/mol. The van der Waals surface area contributed by atoms with E-state index in [4.69, 9.17) is 14.3 Å². The second-order valence-corrected chi connectivity index (χ2v) is 6.67. The molecular formula is C17H26N2O4. The molecule has 0 atom stereocenters. The van der Waals surface area contributed by atoms with Crippen LogP contribution in [-0.4, -0.2) is 41.3 Å². The van der Waals surface area contributed by atoms with Crippen molar-refractivity contribution in [3.8, 4) is 0 Å². The minimum atomic E-state index is -0.459. The Kier molecular flexibility index (Phi) is 5.85. The van der Waals surface area contributed by atoms with Crippen LogP contribution in [0.4, 0.5) is 4.79 Å². The summed E-state index contributed by atoms with van der Waals surface area (Å²) in [4.78, 5) is 13.7. The van der Waals surface area contributed by atoms with Crippen LogP contribution in [0, 0.1) is 0 Å². The average Bonchev–Trinajstić information content (AvgIpc) is 2.94. The van der Waals surface area contributed by atoms with Crippen molar-refractivity contribution in [1.29, 1.82) is 0 Å². The van der Waals surface area contributed by atoms with Crippen LogP contribution in [0.3, 0.4) is 0 Å². The predicted octanol–water partition coefficient (Wildman–Crippen LogP) is 2.43. The van der Waals surface area contributed by atoms with Gasteiger partial charge >= 0.3 is 6.09 Å². The fraction of sp³-hybridized carbons (Fsp3) is 0.588. The largest absolute Gasteiger partial charge is 0.462 e. The maximum absolute atomic E-state index is 12.0. The van der Waals surface area contributed by atoms with Gasteiger partial charge < -0.3 is 24.5 Å². The number of nitrogens with one attached hydrogen (secondary N) is 1. The number of nitrogens with zero attached hydrogens (tertiary/aromatic N) is 1. The molecule has 2 N–H and O–H groups in total. The van der Waals surface area contributed by atoms with Gasteiger partial charge in [0, 0.05) is 19.6 Å². The van der Waals surface area contributed by atoms with E-state index in [9.17, 15) is 4.79 Å². The van der Waals surface area contributed by atoms with Crippen molar-refractivity contribution >= 4 is 6.09 Å². The van der Waals surface area contributed by atoms with Crippen LogP contribution in [0.25, 0.3) is 0 Å². The summed E-state index contributed by atoms with van der Waals surface area (Å²) < 4.78 is 10.8. The fourth-order valence-corrected chi connectivity index (χ4v) is 2.31. The third-order valence-electron chi connectivity index (χ3n) is 3.48. The monoisotopic (exact) mass is 322 g/mol. The number of aliphatic hydroxyl groups is 1. The Morgan fingerprint density at radius 2 is 2.09 bits per heavy atom. The highest BCUT2D eigenvalue weighted by atomic mass is 16.6. The van der Waals surface area contributed by atoms with Gasteiger partial charge in [-0.3, -0.25) is 0 Å². The first kappa shape index (κ1) is 17.6. The summed E-state index contributed by atoms with van der Waals surface area (Å²) in [5.41, 5.74) is 0.817. The summed E-state index contributed by atoms with van der Waals surface area (Å²) in [5, 5.41) is 12.3. The molecule has 23 heavy (non-hydrogen) atoms. The molecule has 1 aliphatic rings. The summed E-state index contributed by atoms with van der Waals surface area (Å²) in [6.45, 7) is 8.18. The molecule has 6 heteroatoms. The maximum Gasteiger partial charge on any atom is 0.410 e. The van der Waals surface area contributed by atoms with E-state index in [0.717, 1.165) is 18.7 Å². The van der Waals surface area contributed by atoms with Crippen molar-refractivity contribution in [2.75, 3.05) is 19.6 Å². The average molecular weight is 322 g/mol. The van der Waals surface area contributed by atoms with E-state index in [-0.39, 0.29) is 12.7 Å². The number of carbonyl (C=O) groups is 1. The number of aliphatic hydroxyl groups excluding tert-OH is 1. The Morgan fingerprint density at radius 1 is 1.35 bits per heavy atom. The summed E-state index contributed by atoms with van der Waals surface area (Å²) in [5.74, 6) is 1.38. The molecule has 0 bridgehead atoms. The van der Waals surface area contributed by atoms with Crippen LogP contribution >= 0.6 is 0 Å². The van der Waals surface area contributed by atoms with E-state index in [2.05, 4.69) is 11.4 Å². The Bertz CT molecular complexity index is 557. The van der Waals surface area contributed by atoms with Crippen molar-refractivity contribution in [1.82, 2.24) is 10.2 Å². The van der Waals surface area contributed by atoms with Crippen LogP contribution in [-0.2, 0) is 17.9 Å². The number of furan rings is 1. The van der Waals surface area contributed by atoms with E-state index < -0.39 is 5.60 Å². The standard InChI is InChI=1S/C17H26N2O4/c1-17(2,3)23-16(21)19-8-6-13(7-9-19)10-18-11-14-4-5-15(12-20)22-14/h4-6,18,20H,7-12H2,1-3H3. The quantitative estimate of drug-likeness (QED) is 0.814. The minimum Gasteiger partial charge on any atom is -0.462 e. The van der Waals surface area contributed by atoms with Gasteiger partial charge in [0.1, 0.15) is 23.7 Å². The molecule has 1 amide bonds. The molecule has 1 aromatic heterocycles. The van der Waals surface area contributed by atoms with E-state index in [1.807, 2.05) is 26.8 Å². The normalized spacial score (nSPS) is 15.5. The number of ether oxygens (including phenoxy) is 1. The molecule has 128 valence electrons. The Balaban J connectivity index is 1.73. The Labute approximate surface area is 137 Å². The smallest absolute Gasteiger partial charge is 0.410 e. The van der Waals surface area contributed by atoms with Crippen LogP contribution in [0.5, 0.6) is 0 Å². The molecule has 0 fully saturated rings. The molecule has 0 aliphatic carbocycles. The van der Waals surface area contributed by atoms with Crippen LogP contribution < -0.4 is 5.32 Å². The van der Waals surface area contributed by atoms with Crippen LogP contribution in [0.1, 0.15) is 38.7 Å². The van der Waals surface area contributed by atoms with Gasteiger partial charge in [-0.05, 0) is 39.3 Å². The number of hydrogen-bond donors (Lipinski definition) is 2. The van der Waals surface area contributed by atoms with Crippen molar-refractivity contribution in [3.05, 3.63) is 35.3 Å². The molecule has 2 rings (SSSR count). The van der Waals surface area contributed by atoms with Gasteiger partial charge in [0.05, 0.1) is 6.54 Å². The van der Waals surface area contributed by atoms with Gasteiger partial charge in [0.25, 0.3) is 0 Å².